The topological polar surface area (TPSA) is 17.1 Å². The Balaban J connectivity index is 2.86. The first-order chi connectivity index (χ1) is 5.43. The molecule has 0 bridgehead atoms. The lowest BCUT2D eigenvalue weighted by atomic mass is 9.68. The van der Waals surface area contributed by atoms with E-state index in [-0.39, 0.29) is 11.2 Å². The number of ketones is 1. The van der Waals surface area contributed by atoms with E-state index in [1.807, 2.05) is 0 Å². The van der Waals surface area contributed by atoms with Crippen molar-refractivity contribution in [2.24, 2.45) is 17.3 Å². The van der Waals surface area contributed by atoms with Crippen molar-refractivity contribution < 1.29 is 4.79 Å². The Hall–Kier alpha value is -0.590. The maximum absolute atomic E-state index is 11.2. The summed E-state index contributed by atoms with van der Waals surface area (Å²) in [5.41, 5.74) is 0.197. The van der Waals surface area contributed by atoms with Crippen LogP contribution in [0.5, 0.6) is 0 Å². The maximum atomic E-state index is 11.2. The number of carbonyl (C=O) groups is 1. The van der Waals surface area contributed by atoms with E-state index in [0.717, 1.165) is 6.42 Å². The highest BCUT2D eigenvalue weighted by Gasteiger charge is 2.33. The third kappa shape index (κ3) is 1.77. The van der Waals surface area contributed by atoms with E-state index in [2.05, 4.69) is 33.8 Å². The highest BCUT2D eigenvalue weighted by Crippen LogP contribution is 2.39. The molecule has 0 fully saturated rings. The van der Waals surface area contributed by atoms with Crippen molar-refractivity contribution in [1.29, 1.82) is 0 Å². The average Bonchev–Trinajstić information content (AvgIpc) is 1.94. The number of hydrogen-bond donors (Lipinski definition) is 0. The van der Waals surface area contributed by atoms with Crippen LogP contribution in [0.2, 0.25) is 0 Å². The summed E-state index contributed by atoms with van der Waals surface area (Å²) < 4.78 is 0. The van der Waals surface area contributed by atoms with Gasteiger partial charge in [0.15, 0.2) is 5.78 Å². The largest absolute Gasteiger partial charge is 0.295 e. The van der Waals surface area contributed by atoms with Crippen LogP contribution in [-0.2, 0) is 4.79 Å². The molecule has 0 aromatic carbocycles. The monoisotopic (exact) mass is 166 g/mol. The van der Waals surface area contributed by atoms with Crippen LogP contribution in [0.1, 0.15) is 34.1 Å². The van der Waals surface area contributed by atoms with Gasteiger partial charge in [-0.1, -0.05) is 33.8 Å². The zero-order valence-corrected chi connectivity index (χ0v) is 8.42. The predicted molar refractivity (Wildman–Crippen MR) is 50.9 cm³/mol. The first-order valence-electron chi connectivity index (χ1n) is 4.65. The zero-order chi connectivity index (χ0) is 9.35. The molecule has 1 nitrogen and oxygen atoms in total. The fourth-order valence-electron chi connectivity index (χ4n) is 2.07. The Kier molecular flexibility index (Phi) is 2.41. The van der Waals surface area contributed by atoms with E-state index < -0.39 is 0 Å². The van der Waals surface area contributed by atoms with Gasteiger partial charge in [0.05, 0.1) is 0 Å². The highest BCUT2D eigenvalue weighted by atomic mass is 16.1. The molecule has 0 heterocycles. The lowest BCUT2D eigenvalue weighted by Crippen LogP contribution is -2.31. The van der Waals surface area contributed by atoms with Crippen molar-refractivity contribution in [1.82, 2.24) is 0 Å². The Morgan fingerprint density at radius 2 is 2.08 bits per heavy atom. The molecule has 0 saturated carbocycles. The summed E-state index contributed by atoms with van der Waals surface area (Å²) in [4.78, 5) is 11.2. The molecule has 0 N–H and O–H groups in total. The second kappa shape index (κ2) is 3.04. The van der Waals surface area contributed by atoms with Crippen LogP contribution < -0.4 is 0 Å². The number of hydrogen-bond acceptors (Lipinski definition) is 1. The van der Waals surface area contributed by atoms with E-state index in [4.69, 9.17) is 0 Å². The van der Waals surface area contributed by atoms with Gasteiger partial charge in [0.25, 0.3) is 0 Å². The first-order valence-corrected chi connectivity index (χ1v) is 4.65. The summed E-state index contributed by atoms with van der Waals surface area (Å²) in [6.07, 6.45) is 4.52. The van der Waals surface area contributed by atoms with Gasteiger partial charge in [-0.15, -0.1) is 0 Å². The van der Waals surface area contributed by atoms with Crippen molar-refractivity contribution in [3.05, 3.63) is 12.2 Å². The van der Waals surface area contributed by atoms with Crippen molar-refractivity contribution >= 4 is 5.78 Å². The molecule has 0 spiro atoms. The standard InChI is InChI=1S/C11H18O/c1-8(2)10-7-9(12)5-6-11(10,3)4/h5-6,8,10H,7H2,1-4H3. The Labute approximate surface area is 74.9 Å². The Morgan fingerprint density at radius 1 is 1.50 bits per heavy atom. The van der Waals surface area contributed by atoms with Gasteiger partial charge in [-0.2, -0.15) is 0 Å². The third-order valence-corrected chi connectivity index (χ3v) is 2.88. The van der Waals surface area contributed by atoms with Crippen LogP contribution in [0.25, 0.3) is 0 Å². The molecule has 1 unspecified atom stereocenters. The van der Waals surface area contributed by atoms with E-state index >= 15 is 0 Å². The first kappa shape index (κ1) is 9.50. The van der Waals surface area contributed by atoms with Crippen LogP contribution in [-0.4, -0.2) is 5.78 Å². The lowest BCUT2D eigenvalue weighted by Gasteiger charge is -2.36. The molecule has 68 valence electrons. The molecule has 0 aliphatic heterocycles. The predicted octanol–water partition coefficient (Wildman–Crippen LogP) is 2.81. The minimum absolute atomic E-state index is 0.197. The van der Waals surface area contributed by atoms with Crippen molar-refractivity contribution in [3.63, 3.8) is 0 Å². The summed E-state index contributed by atoms with van der Waals surface area (Å²) in [7, 11) is 0. The minimum Gasteiger partial charge on any atom is -0.295 e. The molecular formula is C11H18O. The molecule has 1 aliphatic rings. The van der Waals surface area contributed by atoms with Crippen molar-refractivity contribution in [2.75, 3.05) is 0 Å². The van der Waals surface area contributed by atoms with Crippen LogP contribution >= 0.6 is 0 Å². The van der Waals surface area contributed by atoms with E-state index in [1.54, 1.807) is 6.08 Å². The van der Waals surface area contributed by atoms with E-state index in [1.165, 1.54) is 0 Å². The number of allylic oxidation sites excluding steroid dienone is 2. The molecule has 1 aliphatic carbocycles. The molecule has 0 amide bonds. The van der Waals surface area contributed by atoms with Gasteiger partial charge in [-0.3, -0.25) is 4.79 Å². The molecule has 1 heteroatoms. The molecule has 1 atom stereocenters. The summed E-state index contributed by atoms with van der Waals surface area (Å²) >= 11 is 0. The summed E-state index contributed by atoms with van der Waals surface area (Å²) in [6.45, 7) is 8.80. The Morgan fingerprint density at radius 3 is 2.50 bits per heavy atom. The number of rotatable bonds is 1. The molecule has 0 aromatic heterocycles. The van der Waals surface area contributed by atoms with Crippen molar-refractivity contribution in [2.45, 2.75) is 34.1 Å². The zero-order valence-electron chi connectivity index (χ0n) is 8.42. The molecule has 12 heavy (non-hydrogen) atoms. The van der Waals surface area contributed by atoms with Gasteiger partial charge >= 0.3 is 0 Å². The van der Waals surface area contributed by atoms with Gasteiger partial charge < -0.3 is 0 Å². The van der Waals surface area contributed by atoms with Gasteiger partial charge in [-0.05, 0) is 23.3 Å². The average molecular weight is 166 g/mol. The fraction of sp³-hybridized carbons (Fsp3) is 0.727. The van der Waals surface area contributed by atoms with Crippen LogP contribution in [0.15, 0.2) is 12.2 Å². The van der Waals surface area contributed by atoms with Gasteiger partial charge in [-0.25, -0.2) is 0 Å². The van der Waals surface area contributed by atoms with Crippen molar-refractivity contribution in [3.8, 4) is 0 Å². The van der Waals surface area contributed by atoms with E-state index in [9.17, 15) is 4.79 Å². The quantitative estimate of drug-likeness (QED) is 0.585. The third-order valence-electron chi connectivity index (χ3n) is 2.88. The SMILES string of the molecule is CC(C)C1CC(=O)C=CC1(C)C. The fourth-order valence-corrected chi connectivity index (χ4v) is 2.07. The normalized spacial score (nSPS) is 28.1. The smallest absolute Gasteiger partial charge is 0.155 e. The molecule has 1 rings (SSSR count). The summed E-state index contributed by atoms with van der Waals surface area (Å²) in [5, 5.41) is 0. The second-order valence-electron chi connectivity index (χ2n) is 4.68. The second-order valence-corrected chi connectivity index (χ2v) is 4.68. The minimum atomic E-state index is 0.197. The van der Waals surface area contributed by atoms with Crippen LogP contribution in [0.3, 0.4) is 0 Å². The molecule has 0 aromatic rings. The summed E-state index contributed by atoms with van der Waals surface area (Å²) in [6, 6.07) is 0. The van der Waals surface area contributed by atoms with Gasteiger partial charge in [0.2, 0.25) is 0 Å². The highest BCUT2D eigenvalue weighted by molar-refractivity contribution is 5.90. The van der Waals surface area contributed by atoms with Gasteiger partial charge in [0, 0.05) is 6.42 Å². The van der Waals surface area contributed by atoms with E-state index in [0.29, 0.717) is 11.8 Å². The molecule has 0 saturated heterocycles. The molecular weight excluding hydrogens is 148 g/mol. The molecule has 0 radical (unpaired) electrons. The Bertz CT molecular complexity index is 211. The van der Waals surface area contributed by atoms with Crippen LogP contribution in [0, 0.1) is 17.3 Å². The summed E-state index contributed by atoms with van der Waals surface area (Å²) in [5.74, 6) is 1.39. The lowest BCUT2D eigenvalue weighted by molar-refractivity contribution is -0.117. The van der Waals surface area contributed by atoms with Crippen LogP contribution in [0.4, 0.5) is 0 Å². The number of carbonyl (C=O) groups excluding carboxylic acids is 1. The maximum Gasteiger partial charge on any atom is 0.155 e. The van der Waals surface area contributed by atoms with Gasteiger partial charge in [0.1, 0.15) is 0 Å².